The minimum absolute atomic E-state index is 0.425. The zero-order valence-corrected chi connectivity index (χ0v) is 10.4. The standard InChI is InChI=1S/C12H16N2OS/c1-9-7-11(14(2)13-9)12(15)4-3-10-5-6-16-8-10/h5-8,12,15H,3-4H2,1-2H3. The van der Waals surface area contributed by atoms with E-state index < -0.39 is 6.10 Å². The summed E-state index contributed by atoms with van der Waals surface area (Å²) in [4.78, 5) is 0. The van der Waals surface area contributed by atoms with E-state index in [2.05, 4.69) is 21.9 Å². The Kier molecular flexibility index (Phi) is 3.41. The van der Waals surface area contributed by atoms with Gasteiger partial charge in [0.15, 0.2) is 0 Å². The van der Waals surface area contributed by atoms with Crippen LogP contribution in [-0.4, -0.2) is 14.9 Å². The zero-order valence-electron chi connectivity index (χ0n) is 9.55. The van der Waals surface area contributed by atoms with Crippen LogP contribution in [0.1, 0.15) is 29.5 Å². The molecule has 0 saturated heterocycles. The predicted molar refractivity (Wildman–Crippen MR) is 65.5 cm³/mol. The lowest BCUT2D eigenvalue weighted by Gasteiger charge is -2.09. The molecule has 0 radical (unpaired) electrons. The van der Waals surface area contributed by atoms with E-state index >= 15 is 0 Å². The Balaban J connectivity index is 1.98. The minimum Gasteiger partial charge on any atom is -0.387 e. The molecule has 2 aromatic heterocycles. The second kappa shape index (κ2) is 4.80. The summed E-state index contributed by atoms with van der Waals surface area (Å²) in [5.74, 6) is 0. The van der Waals surface area contributed by atoms with Gasteiger partial charge in [0, 0.05) is 7.05 Å². The van der Waals surface area contributed by atoms with Gasteiger partial charge in [-0.2, -0.15) is 16.4 Å². The first-order valence-electron chi connectivity index (χ1n) is 5.36. The molecule has 1 unspecified atom stereocenters. The third-order valence-corrected chi connectivity index (χ3v) is 3.40. The highest BCUT2D eigenvalue weighted by Gasteiger charge is 2.12. The molecule has 0 aliphatic carbocycles. The summed E-state index contributed by atoms with van der Waals surface area (Å²) >= 11 is 1.70. The Labute approximate surface area is 99.4 Å². The number of thiophene rings is 1. The van der Waals surface area contributed by atoms with Crippen molar-refractivity contribution in [2.75, 3.05) is 0 Å². The third-order valence-electron chi connectivity index (χ3n) is 2.67. The van der Waals surface area contributed by atoms with Crippen molar-refractivity contribution in [1.82, 2.24) is 9.78 Å². The molecule has 0 saturated carbocycles. The van der Waals surface area contributed by atoms with Crippen molar-refractivity contribution in [1.29, 1.82) is 0 Å². The van der Waals surface area contributed by atoms with Gasteiger partial charge >= 0.3 is 0 Å². The first kappa shape index (κ1) is 11.4. The fraction of sp³-hybridized carbons (Fsp3) is 0.417. The van der Waals surface area contributed by atoms with Crippen LogP contribution in [0.15, 0.2) is 22.9 Å². The summed E-state index contributed by atoms with van der Waals surface area (Å²) in [6.07, 6.45) is 1.23. The van der Waals surface area contributed by atoms with Gasteiger partial charge in [-0.25, -0.2) is 0 Å². The molecule has 0 aromatic carbocycles. The van der Waals surface area contributed by atoms with Crippen molar-refractivity contribution in [2.45, 2.75) is 25.9 Å². The molecule has 0 bridgehead atoms. The van der Waals surface area contributed by atoms with Crippen LogP contribution >= 0.6 is 11.3 Å². The second-order valence-corrected chi connectivity index (χ2v) is 4.80. The normalized spacial score (nSPS) is 12.9. The Morgan fingerprint density at radius 2 is 2.38 bits per heavy atom. The largest absolute Gasteiger partial charge is 0.387 e. The highest BCUT2D eigenvalue weighted by atomic mass is 32.1. The summed E-state index contributed by atoms with van der Waals surface area (Å²) in [7, 11) is 1.87. The molecule has 0 amide bonds. The third kappa shape index (κ3) is 2.51. The van der Waals surface area contributed by atoms with E-state index in [-0.39, 0.29) is 0 Å². The van der Waals surface area contributed by atoms with Gasteiger partial charge in [-0.1, -0.05) is 0 Å². The van der Waals surface area contributed by atoms with E-state index in [4.69, 9.17) is 0 Å². The minimum atomic E-state index is -0.425. The molecule has 0 aliphatic heterocycles. The SMILES string of the molecule is Cc1cc(C(O)CCc2ccsc2)n(C)n1. The first-order valence-corrected chi connectivity index (χ1v) is 6.31. The Morgan fingerprint density at radius 3 is 2.94 bits per heavy atom. The van der Waals surface area contributed by atoms with Crippen molar-refractivity contribution >= 4 is 11.3 Å². The Hall–Kier alpha value is -1.13. The highest BCUT2D eigenvalue weighted by molar-refractivity contribution is 7.07. The van der Waals surface area contributed by atoms with Crippen molar-refractivity contribution in [3.8, 4) is 0 Å². The van der Waals surface area contributed by atoms with Crippen molar-refractivity contribution in [3.05, 3.63) is 39.8 Å². The van der Waals surface area contributed by atoms with Gasteiger partial charge in [0.05, 0.1) is 17.5 Å². The molecule has 2 heterocycles. The number of aliphatic hydroxyl groups is 1. The van der Waals surface area contributed by atoms with Crippen molar-refractivity contribution < 1.29 is 5.11 Å². The van der Waals surface area contributed by atoms with Crippen LogP contribution in [0.25, 0.3) is 0 Å². The van der Waals surface area contributed by atoms with Crippen LogP contribution < -0.4 is 0 Å². The van der Waals surface area contributed by atoms with Gasteiger partial charge in [-0.15, -0.1) is 0 Å². The quantitative estimate of drug-likeness (QED) is 0.885. The molecule has 16 heavy (non-hydrogen) atoms. The van der Waals surface area contributed by atoms with Gasteiger partial charge in [-0.3, -0.25) is 4.68 Å². The molecule has 2 aromatic rings. The average Bonchev–Trinajstić information content (AvgIpc) is 2.84. The molecule has 0 fully saturated rings. The summed E-state index contributed by atoms with van der Waals surface area (Å²) < 4.78 is 1.76. The van der Waals surface area contributed by atoms with Crippen LogP contribution in [-0.2, 0) is 13.5 Å². The molecule has 0 spiro atoms. The highest BCUT2D eigenvalue weighted by Crippen LogP contribution is 2.20. The fourth-order valence-electron chi connectivity index (χ4n) is 1.83. The van der Waals surface area contributed by atoms with Crippen LogP contribution in [0.4, 0.5) is 0 Å². The summed E-state index contributed by atoms with van der Waals surface area (Å²) in [6.45, 7) is 1.94. The summed E-state index contributed by atoms with van der Waals surface area (Å²) in [5.41, 5.74) is 3.14. The summed E-state index contributed by atoms with van der Waals surface area (Å²) in [5, 5.41) is 18.5. The van der Waals surface area contributed by atoms with Crippen molar-refractivity contribution in [2.24, 2.45) is 7.05 Å². The number of hydrogen-bond acceptors (Lipinski definition) is 3. The summed E-state index contributed by atoms with van der Waals surface area (Å²) in [6, 6.07) is 4.05. The topological polar surface area (TPSA) is 38.0 Å². The smallest absolute Gasteiger partial charge is 0.0959 e. The van der Waals surface area contributed by atoms with E-state index in [9.17, 15) is 5.11 Å². The Bertz CT molecular complexity index is 448. The fourth-order valence-corrected chi connectivity index (χ4v) is 2.53. The van der Waals surface area contributed by atoms with Gasteiger partial charge in [0.2, 0.25) is 0 Å². The maximum atomic E-state index is 10.1. The lowest BCUT2D eigenvalue weighted by molar-refractivity contribution is 0.158. The number of nitrogens with zero attached hydrogens (tertiary/aromatic N) is 2. The molecule has 86 valence electrons. The lowest BCUT2D eigenvalue weighted by atomic mass is 10.1. The van der Waals surface area contributed by atoms with Crippen LogP contribution in [0.2, 0.25) is 0 Å². The van der Waals surface area contributed by atoms with Crippen molar-refractivity contribution in [3.63, 3.8) is 0 Å². The molecule has 3 nitrogen and oxygen atoms in total. The molecule has 4 heteroatoms. The van der Waals surface area contributed by atoms with E-state index in [1.54, 1.807) is 16.0 Å². The molecule has 1 N–H and O–H groups in total. The Morgan fingerprint density at radius 1 is 1.56 bits per heavy atom. The molecule has 0 aliphatic rings. The number of rotatable bonds is 4. The van der Waals surface area contributed by atoms with Crippen LogP contribution in [0, 0.1) is 6.92 Å². The van der Waals surface area contributed by atoms with E-state index in [1.165, 1.54) is 5.56 Å². The number of hydrogen-bond donors (Lipinski definition) is 1. The first-order chi connectivity index (χ1) is 7.66. The van der Waals surface area contributed by atoms with Crippen LogP contribution in [0.5, 0.6) is 0 Å². The molecule has 1 atom stereocenters. The van der Waals surface area contributed by atoms with Gasteiger partial charge in [0.1, 0.15) is 0 Å². The number of aromatic nitrogens is 2. The average molecular weight is 236 g/mol. The number of aliphatic hydroxyl groups excluding tert-OH is 1. The molecular formula is C12H16N2OS. The van der Waals surface area contributed by atoms with E-state index in [1.807, 2.05) is 20.0 Å². The predicted octanol–water partition coefficient (Wildman–Crippen LogP) is 2.46. The number of aryl methyl sites for hydroxylation is 3. The van der Waals surface area contributed by atoms with Gasteiger partial charge in [-0.05, 0) is 48.2 Å². The van der Waals surface area contributed by atoms with Crippen LogP contribution in [0.3, 0.4) is 0 Å². The van der Waals surface area contributed by atoms with E-state index in [0.29, 0.717) is 0 Å². The van der Waals surface area contributed by atoms with Gasteiger partial charge < -0.3 is 5.11 Å². The molecule has 2 rings (SSSR count). The second-order valence-electron chi connectivity index (χ2n) is 4.02. The van der Waals surface area contributed by atoms with Gasteiger partial charge in [0.25, 0.3) is 0 Å². The maximum Gasteiger partial charge on any atom is 0.0959 e. The zero-order chi connectivity index (χ0) is 11.5. The maximum absolute atomic E-state index is 10.1. The monoisotopic (exact) mass is 236 g/mol. The molecular weight excluding hydrogens is 220 g/mol. The van der Waals surface area contributed by atoms with E-state index in [0.717, 1.165) is 24.2 Å². The lowest BCUT2D eigenvalue weighted by Crippen LogP contribution is -2.06.